The summed E-state index contributed by atoms with van der Waals surface area (Å²) >= 11 is 5.80. The molecule has 8 nitrogen and oxygen atoms in total. The van der Waals surface area contributed by atoms with E-state index in [0.29, 0.717) is 22.8 Å². The number of aromatic amines is 1. The summed E-state index contributed by atoms with van der Waals surface area (Å²) < 4.78 is 19.5. The molecular formula is C22H20ClFN4O4. The van der Waals surface area contributed by atoms with Crippen LogP contribution in [0, 0.1) is 5.82 Å². The molecule has 0 radical (unpaired) electrons. The van der Waals surface area contributed by atoms with E-state index in [9.17, 15) is 14.0 Å². The monoisotopic (exact) mass is 458 g/mol. The first-order valence-corrected chi connectivity index (χ1v) is 10.2. The number of aromatic nitrogens is 2. The molecule has 1 aliphatic rings. The maximum Gasteiger partial charge on any atom is 0.325 e. The largest absolute Gasteiger partial charge is 0.491 e. The minimum absolute atomic E-state index is 0.106. The molecule has 0 aliphatic carbocycles. The molecule has 2 heterocycles. The number of nitrogens with zero attached hydrogens (tertiary/aromatic N) is 2. The van der Waals surface area contributed by atoms with Crippen molar-refractivity contribution in [3.63, 3.8) is 0 Å². The van der Waals surface area contributed by atoms with Gasteiger partial charge in [-0.05, 0) is 42.8 Å². The number of rotatable bonds is 7. The Balaban J connectivity index is 1.52. The van der Waals surface area contributed by atoms with Crippen LogP contribution in [0.15, 0.2) is 48.7 Å². The van der Waals surface area contributed by atoms with Crippen LogP contribution in [0.25, 0.3) is 11.3 Å². The SMILES string of the molecule is C[C@H](c1ncc(-c2ccc(Cl)cc2F)[nH]1)N1C(=O)NC(c2ccc(OCCO)cc2)C1=O. The van der Waals surface area contributed by atoms with E-state index in [1.165, 1.54) is 18.3 Å². The number of halogens is 2. The summed E-state index contributed by atoms with van der Waals surface area (Å²) in [6, 6.07) is 8.86. The number of amides is 3. The average molecular weight is 459 g/mol. The lowest BCUT2D eigenvalue weighted by Gasteiger charge is -2.19. The molecule has 0 bridgehead atoms. The molecule has 32 heavy (non-hydrogen) atoms. The van der Waals surface area contributed by atoms with Gasteiger partial charge in [0, 0.05) is 10.6 Å². The number of carbonyl (C=O) groups excluding carboxylic acids is 2. The second kappa shape index (κ2) is 8.97. The van der Waals surface area contributed by atoms with Gasteiger partial charge in [0.15, 0.2) is 0 Å². The predicted octanol–water partition coefficient (Wildman–Crippen LogP) is 3.59. The van der Waals surface area contributed by atoms with Gasteiger partial charge in [-0.15, -0.1) is 0 Å². The summed E-state index contributed by atoms with van der Waals surface area (Å²) in [4.78, 5) is 33.9. The van der Waals surface area contributed by atoms with E-state index < -0.39 is 29.8 Å². The standard InChI is InChI=1S/C22H20ClFN4O4/c1-12(20-25-11-18(26-20)16-7-4-14(23)10-17(16)24)28-21(30)19(27-22(28)31)13-2-5-15(6-3-13)32-9-8-29/h2-7,10-12,19,29H,8-9H2,1H3,(H,25,26)(H,27,31)/t12-,19?/m1/s1. The fourth-order valence-corrected chi connectivity index (χ4v) is 3.68. The van der Waals surface area contributed by atoms with Gasteiger partial charge in [-0.3, -0.25) is 9.69 Å². The number of imidazole rings is 1. The van der Waals surface area contributed by atoms with Crippen LogP contribution in [0.3, 0.4) is 0 Å². The molecule has 1 unspecified atom stereocenters. The third-order valence-corrected chi connectivity index (χ3v) is 5.38. The second-order valence-corrected chi connectivity index (χ2v) is 7.65. The van der Waals surface area contributed by atoms with Gasteiger partial charge in [0.1, 0.15) is 30.0 Å². The fraction of sp³-hybridized carbons (Fsp3) is 0.227. The second-order valence-electron chi connectivity index (χ2n) is 7.21. The predicted molar refractivity (Wildman–Crippen MR) is 115 cm³/mol. The lowest BCUT2D eigenvalue weighted by molar-refractivity contribution is -0.129. The summed E-state index contributed by atoms with van der Waals surface area (Å²) in [5.41, 5.74) is 1.28. The third kappa shape index (κ3) is 4.17. The molecule has 1 saturated heterocycles. The number of aliphatic hydroxyl groups excluding tert-OH is 1. The molecule has 0 saturated carbocycles. The summed E-state index contributed by atoms with van der Waals surface area (Å²) in [5.74, 6) is -0.0578. The van der Waals surface area contributed by atoms with Gasteiger partial charge in [-0.25, -0.2) is 14.2 Å². The first-order valence-electron chi connectivity index (χ1n) is 9.86. The Hall–Kier alpha value is -3.43. The van der Waals surface area contributed by atoms with E-state index in [0.717, 1.165) is 4.90 Å². The minimum Gasteiger partial charge on any atom is -0.491 e. The first kappa shape index (κ1) is 21.8. The van der Waals surface area contributed by atoms with Crippen molar-refractivity contribution in [1.82, 2.24) is 20.2 Å². The third-order valence-electron chi connectivity index (χ3n) is 5.14. The molecule has 3 N–H and O–H groups in total. The maximum absolute atomic E-state index is 14.2. The Labute approximate surface area is 188 Å². The lowest BCUT2D eigenvalue weighted by atomic mass is 10.1. The highest BCUT2D eigenvalue weighted by atomic mass is 35.5. The summed E-state index contributed by atoms with van der Waals surface area (Å²) in [6.07, 6.45) is 1.44. The molecular weight excluding hydrogens is 439 g/mol. The van der Waals surface area contributed by atoms with Gasteiger partial charge in [-0.1, -0.05) is 23.7 Å². The topological polar surface area (TPSA) is 108 Å². The highest BCUT2D eigenvalue weighted by Crippen LogP contribution is 2.31. The number of benzene rings is 2. The van der Waals surface area contributed by atoms with Gasteiger partial charge in [-0.2, -0.15) is 0 Å². The van der Waals surface area contributed by atoms with Crippen molar-refractivity contribution in [2.75, 3.05) is 13.2 Å². The summed E-state index contributed by atoms with van der Waals surface area (Å²) in [7, 11) is 0. The van der Waals surface area contributed by atoms with Gasteiger partial charge in [0.05, 0.1) is 24.5 Å². The Morgan fingerprint density at radius 1 is 1.25 bits per heavy atom. The number of imide groups is 1. The van der Waals surface area contributed by atoms with Crippen LogP contribution in [0.2, 0.25) is 5.02 Å². The van der Waals surface area contributed by atoms with Crippen molar-refractivity contribution in [3.05, 3.63) is 70.9 Å². The molecule has 2 atom stereocenters. The number of ether oxygens (including phenoxy) is 1. The Morgan fingerprint density at radius 3 is 2.69 bits per heavy atom. The van der Waals surface area contributed by atoms with Crippen molar-refractivity contribution >= 4 is 23.5 Å². The number of H-pyrrole nitrogens is 1. The smallest absolute Gasteiger partial charge is 0.325 e. The summed E-state index contributed by atoms with van der Waals surface area (Å²) in [6.45, 7) is 1.71. The van der Waals surface area contributed by atoms with Gasteiger partial charge in [0.2, 0.25) is 0 Å². The zero-order valence-electron chi connectivity index (χ0n) is 17.0. The molecule has 2 aromatic carbocycles. The number of carbonyl (C=O) groups is 2. The molecule has 1 fully saturated rings. The molecule has 3 amide bonds. The zero-order valence-corrected chi connectivity index (χ0v) is 17.8. The van der Waals surface area contributed by atoms with Crippen LogP contribution in [0.1, 0.15) is 30.4 Å². The summed E-state index contributed by atoms with van der Waals surface area (Å²) in [5, 5.41) is 11.8. The van der Waals surface area contributed by atoms with Crippen LogP contribution >= 0.6 is 11.6 Å². The van der Waals surface area contributed by atoms with E-state index >= 15 is 0 Å². The van der Waals surface area contributed by atoms with Crippen LogP contribution < -0.4 is 10.1 Å². The van der Waals surface area contributed by atoms with Crippen molar-refractivity contribution in [3.8, 4) is 17.0 Å². The van der Waals surface area contributed by atoms with Crippen LogP contribution in [-0.4, -0.2) is 45.1 Å². The van der Waals surface area contributed by atoms with Gasteiger partial charge in [0.25, 0.3) is 5.91 Å². The Morgan fingerprint density at radius 2 is 2.00 bits per heavy atom. The van der Waals surface area contributed by atoms with Crippen molar-refractivity contribution < 1.29 is 23.8 Å². The van der Waals surface area contributed by atoms with Crippen LogP contribution in [0.5, 0.6) is 5.75 Å². The van der Waals surface area contributed by atoms with E-state index in [-0.39, 0.29) is 23.8 Å². The van der Waals surface area contributed by atoms with E-state index in [4.69, 9.17) is 21.4 Å². The molecule has 10 heteroatoms. The normalized spacial score (nSPS) is 16.9. The molecule has 4 rings (SSSR count). The van der Waals surface area contributed by atoms with Gasteiger partial charge >= 0.3 is 6.03 Å². The zero-order chi connectivity index (χ0) is 22.8. The van der Waals surface area contributed by atoms with Crippen LogP contribution in [0.4, 0.5) is 9.18 Å². The van der Waals surface area contributed by atoms with E-state index in [1.54, 1.807) is 37.3 Å². The number of hydrogen-bond acceptors (Lipinski definition) is 5. The quantitative estimate of drug-likeness (QED) is 0.469. The molecule has 166 valence electrons. The Kier molecular flexibility index (Phi) is 6.11. The first-order chi connectivity index (χ1) is 15.4. The number of nitrogens with one attached hydrogen (secondary N) is 2. The molecule has 3 aromatic rings. The lowest BCUT2D eigenvalue weighted by Crippen LogP contribution is -2.34. The van der Waals surface area contributed by atoms with Crippen molar-refractivity contribution in [2.24, 2.45) is 0 Å². The van der Waals surface area contributed by atoms with E-state index in [1.807, 2.05) is 0 Å². The average Bonchev–Trinajstić information content (AvgIpc) is 3.37. The molecule has 1 aliphatic heterocycles. The minimum atomic E-state index is -0.847. The van der Waals surface area contributed by atoms with Crippen molar-refractivity contribution in [2.45, 2.75) is 19.0 Å². The van der Waals surface area contributed by atoms with Crippen LogP contribution in [-0.2, 0) is 4.79 Å². The highest BCUT2D eigenvalue weighted by molar-refractivity contribution is 6.30. The van der Waals surface area contributed by atoms with Crippen molar-refractivity contribution in [1.29, 1.82) is 0 Å². The molecule has 0 spiro atoms. The maximum atomic E-state index is 14.2. The Bertz CT molecular complexity index is 1150. The number of aliphatic hydroxyl groups is 1. The fourth-order valence-electron chi connectivity index (χ4n) is 3.52. The van der Waals surface area contributed by atoms with E-state index in [2.05, 4.69) is 15.3 Å². The van der Waals surface area contributed by atoms with Gasteiger partial charge < -0.3 is 20.1 Å². The number of urea groups is 1. The highest BCUT2D eigenvalue weighted by Gasteiger charge is 2.42. The number of hydrogen-bond donors (Lipinski definition) is 3. The molecule has 1 aromatic heterocycles.